The lowest BCUT2D eigenvalue weighted by Crippen LogP contribution is -2.27. The predicted octanol–water partition coefficient (Wildman–Crippen LogP) is 1.04. The summed E-state index contributed by atoms with van der Waals surface area (Å²) < 4.78 is 1.99. The van der Waals surface area contributed by atoms with Crippen molar-refractivity contribution in [2.45, 2.75) is 57.2 Å². The zero-order chi connectivity index (χ0) is 10.1. The lowest BCUT2D eigenvalue weighted by Gasteiger charge is -2.10. The van der Waals surface area contributed by atoms with Gasteiger partial charge >= 0.3 is 0 Å². The first kappa shape index (κ1) is 9.27. The molecule has 3 rings (SSSR count). The van der Waals surface area contributed by atoms with Crippen LogP contribution >= 0.6 is 0 Å². The molecule has 5 nitrogen and oxygen atoms in total. The Balaban J connectivity index is 1.58. The molecule has 2 saturated carbocycles. The molecule has 0 saturated heterocycles. The molecular weight excluding hydrogens is 190 g/mol. The summed E-state index contributed by atoms with van der Waals surface area (Å²) in [6, 6.07) is 1.27. The monoisotopic (exact) mass is 207 g/mol. The fraction of sp³-hybridized carbons (Fsp3) is 0.900. The maximum absolute atomic E-state index is 4.08. The molecule has 0 aliphatic heterocycles. The van der Waals surface area contributed by atoms with E-state index in [4.69, 9.17) is 0 Å². The van der Waals surface area contributed by atoms with Gasteiger partial charge in [-0.1, -0.05) is 12.8 Å². The molecule has 5 heteroatoms. The fourth-order valence-electron chi connectivity index (χ4n) is 2.30. The minimum absolute atomic E-state index is 0.584. The van der Waals surface area contributed by atoms with E-state index in [1.165, 1.54) is 38.5 Å². The van der Waals surface area contributed by atoms with E-state index >= 15 is 0 Å². The average Bonchev–Trinajstić information content (AvgIpc) is 2.81. The van der Waals surface area contributed by atoms with Gasteiger partial charge in [-0.15, -0.1) is 5.10 Å². The molecule has 2 aliphatic carbocycles. The highest BCUT2D eigenvalue weighted by Gasteiger charge is 2.27. The van der Waals surface area contributed by atoms with Crippen LogP contribution in [0.2, 0.25) is 0 Å². The Morgan fingerprint density at radius 3 is 2.73 bits per heavy atom. The topological polar surface area (TPSA) is 55.6 Å². The molecule has 2 fully saturated rings. The number of aromatic nitrogens is 4. The lowest BCUT2D eigenvalue weighted by atomic mass is 10.2. The Bertz CT molecular complexity index is 324. The molecular formula is C10H17N5. The highest BCUT2D eigenvalue weighted by molar-refractivity contribution is 4.90. The number of hydrogen-bond donors (Lipinski definition) is 1. The molecule has 0 bridgehead atoms. The van der Waals surface area contributed by atoms with Crippen molar-refractivity contribution in [3.63, 3.8) is 0 Å². The van der Waals surface area contributed by atoms with Crippen molar-refractivity contribution in [1.29, 1.82) is 0 Å². The zero-order valence-electron chi connectivity index (χ0n) is 8.89. The number of rotatable bonds is 4. The molecule has 1 N–H and O–H groups in total. The van der Waals surface area contributed by atoms with Crippen molar-refractivity contribution in [3.8, 4) is 0 Å². The van der Waals surface area contributed by atoms with Crippen LogP contribution in [0, 0.1) is 0 Å². The minimum Gasteiger partial charge on any atom is -0.307 e. The second-order valence-corrected chi connectivity index (χ2v) is 4.63. The third-order valence-corrected chi connectivity index (χ3v) is 3.36. The van der Waals surface area contributed by atoms with Gasteiger partial charge in [0.1, 0.15) is 0 Å². The first-order chi connectivity index (χ1) is 7.43. The number of tetrazole rings is 1. The second-order valence-electron chi connectivity index (χ2n) is 4.63. The van der Waals surface area contributed by atoms with Crippen LogP contribution in [-0.2, 0) is 6.54 Å². The normalized spacial score (nSPS) is 22.4. The number of hydrogen-bond acceptors (Lipinski definition) is 4. The van der Waals surface area contributed by atoms with Crippen LogP contribution in [0.15, 0.2) is 0 Å². The van der Waals surface area contributed by atoms with Crippen molar-refractivity contribution < 1.29 is 0 Å². The van der Waals surface area contributed by atoms with Crippen molar-refractivity contribution in [2.75, 3.05) is 0 Å². The summed E-state index contributed by atoms with van der Waals surface area (Å²) >= 11 is 0. The molecule has 0 spiro atoms. The summed E-state index contributed by atoms with van der Waals surface area (Å²) in [6.45, 7) is 0.828. The average molecular weight is 207 g/mol. The highest BCUT2D eigenvalue weighted by atomic mass is 15.6. The Morgan fingerprint density at radius 1 is 1.20 bits per heavy atom. The van der Waals surface area contributed by atoms with Crippen molar-refractivity contribution in [3.05, 3.63) is 5.82 Å². The van der Waals surface area contributed by atoms with Crippen LogP contribution in [0.25, 0.3) is 0 Å². The predicted molar refractivity (Wildman–Crippen MR) is 55.2 cm³/mol. The SMILES string of the molecule is C1CCC(NCc2nnnn2C2CC2)C1. The maximum atomic E-state index is 4.08. The molecule has 2 aliphatic rings. The van der Waals surface area contributed by atoms with Gasteiger partial charge in [-0.2, -0.15) is 0 Å². The van der Waals surface area contributed by atoms with E-state index in [2.05, 4.69) is 20.8 Å². The lowest BCUT2D eigenvalue weighted by molar-refractivity contribution is 0.489. The van der Waals surface area contributed by atoms with Crippen LogP contribution in [0.5, 0.6) is 0 Å². The first-order valence-electron chi connectivity index (χ1n) is 5.93. The van der Waals surface area contributed by atoms with Gasteiger partial charge in [0.2, 0.25) is 0 Å². The van der Waals surface area contributed by atoms with E-state index in [-0.39, 0.29) is 0 Å². The van der Waals surface area contributed by atoms with Crippen LogP contribution in [0.4, 0.5) is 0 Å². The van der Waals surface area contributed by atoms with E-state index < -0.39 is 0 Å². The zero-order valence-corrected chi connectivity index (χ0v) is 8.89. The smallest absolute Gasteiger partial charge is 0.165 e. The van der Waals surface area contributed by atoms with E-state index in [0.29, 0.717) is 12.1 Å². The quantitative estimate of drug-likeness (QED) is 0.801. The molecule has 15 heavy (non-hydrogen) atoms. The van der Waals surface area contributed by atoms with Crippen LogP contribution < -0.4 is 5.32 Å². The number of nitrogens with zero attached hydrogens (tertiary/aromatic N) is 4. The standard InChI is InChI=1S/C10H17N5/c1-2-4-8(3-1)11-7-10-12-13-14-15(10)9-5-6-9/h8-9,11H,1-7H2. The second kappa shape index (κ2) is 3.89. The van der Waals surface area contributed by atoms with Crippen LogP contribution in [0.1, 0.15) is 50.4 Å². The Morgan fingerprint density at radius 2 is 2.00 bits per heavy atom. The van der Waals surface area contributed by atoms with Gasteiger partial charge in [0.05, 0.1) is 12.6 Å². The Hall–Kier alpha value is -0.970. The Kier molecular flexibility index (Phi) is 2.40. The van der Waals surface area contributed by atoms with Crippen LogP contribution in [-0.4, -0.2) is 26.2 Å². The summed E-state index contributed by atoms with van der Waals surface area (Å²) in [5.74, 6) is 1.00. The van der Waals surface area contributed by atoms with Gasteiger partial charge < -0.3 is 5.32 Å². The van der Waals surface area contributed by atoms with Gasteiger partial charge in [0, 0.05) is 6.04 Å². The van der Waals surface area contributed by atoms with Gasteiger partial charge in [-0.05, 0) is 36.1 Å². The molecule has 0 aromatic carbocycles. The van der Waals surface area contributed by atoms with Gasteiger partial charge in [0.15, 0.2) is 5.82 Å². The van der Waals surface area contributed by atoms with Gasteiger partial charge in [-0.3, -0.25) is 0 Å². The summed E-state index contributed by atoms with van der Waals surface area (Å²) in [6.07, 6.45) is 7.83. The largest absolute Gasteiger partial charge is 0.307 e. The Labute approximate surface area is 89.2 Å². The molecule has 82 valence electrons. The third-order valence-electron chi connectivity index (χ3n) is 3.36. The molecule has 1 heterocycles. The number of nitrogens with one attached hydrogen (secondary N) is 1. The van der Waals surface area contributed by atoms with Crippen LogP contribution in [0.3, 0.4) is 0 Å². The minimum atomic E-state index is 0.584. The van der Waals surface area contributed by atoms with E-state index in [1.54, 1.807) is 0 Å². The summed E-state index contributed by atoms with van der Waals surface area (Å²) in [7, 11) is 0. The van der Waals surface area contributed by atoms with E-state index in [9.17, 15) is 0 Å². The van der Waals surface area contributed by atoms with Gasteiger partial charge in [-0.25, -0.2) is 4.68 Å². The maximum Gasteiger partial charge on any atom is 0.165 e. The summed E-state index contributed by atoms with van der Waals surface area (Å²) in [4.78, 5) is 0. The summed E-state index contributed by atoms with van der Waals surface area (Å²) in [5.41, 5.74) is 0. The molecule has 1 aromatic rings. The molecule has 0 radical (unpaired) electrons. The van der Waals surface area contributed by atoms with E-state index in [0.717, 1.165) is 12.4 Å². The third kappa shape index (κ3) is 2.02. The summed E-state index contributed by atoms with van der Waals surface area (Å²) in [5, 5.41) is 15.4. The van der Waals surface area contributed by atoms with Crippen molar-refractivity contribution in [2.24, 2.45) is 0 Å². The van der Waals surface area contributed by atoms with Crippen molar-refractivity contribution >= 4 is 0 Å². The molecule has 0 atom stereocenters. The molecule has 1 aromatic heterocycles. The van der Waals surface area contributed by atoms with Gasteiger partial charge in [0.25, 0.3) is 0 Å². The van der Waals surface area contributed by atoms with Crippen molar-refractivity contribution in [1.82, 2.24) is 25.5 Å². The molecule has 0 unspecified atom stereocenters. The fourth-order valence-corrected chi connectivity index (χ4v) is 2.30. The molecule has 0 amide bonds. The first-order valence-corrected chi connectivity index (χ1v) is 5.93. The highest BCUT2D eigenvalue weighted by Crippen LogP contribution is 2.34. The van der Waals surface area contributed by atoms with E-state index in [1.807, 2.05) is 4.68 Å².